The highest BCUT2D eigenvalue weighted by molar-refractivity contribution is 6.30. The average Bonchev–Trinajstić information content (AvgIpc) is 2.69. The van der Waals surface area contributed by atoms with E-state index in [0.29, 0.717) is 5.02 Å². The van der Waals surface area contributed by atoms with Crippen molar-refractivity contribution < 1.29 is 4.74 Å². The van der Waals surface area contributed by atoms with E-state index in [-0.39, 0.29) is 12.0 Å². The molecule has 0 aromatic heterocycles. The summed E-state index contributed by atoms with van der Waals surface area (Å²) in [5, 5.41) is 9.61. The van der Waals surface area contributed by atoms with E-state index < -0.39 is 0 Å². The summed E-state index contributed by atoms with van der Waals surface area (Å²) < 4.78 is 5.75. The molecule has 0 heterocycles. The molecule has 1 aliphatic carbocycles. The zero-order valence-corrected chi connectivity index (χ0v) is 9.07. The van der Waals surface area contributed by atoms with Crippen molar-refractivity contribution in [2.24, 2.45) is 5.92 Å². The fourth-order valence-electron chi connectivity index (χ4n) is 1.90. The summed E-state index contributed by atoms with van der Waals surface area (Å²) in [7, 11) is 0. The van der Waals surface area contributed by atoms with Gasteiger partial charge >= 0.3 is 0 Å². The number of ether oxygens (including phenoxy) is 1. The van der Waals surface area contributed by atoms with Crippen LogP contribution in [0.4, 0.5) is 0 Å². The lowest BCUT2D eigenvalue weighted by molar-refractivity contribution is 0.182. The minimum absolute atomic E-state index is 0.0423. The van der Waals surface area contributed by atoms with Crippen LogP contribution in [0.5, 0.6) is 5.75 Å². The standard InChI is InChI=1S/C12H12ClNO/c13-10-4-6-11(7-5-10)15-12-3-1-2-9(12)8-14/h4-7,9,12H,1-3H2. The van der Waals surface area contributed by atoms with E-state index in [1.54, 1.807) is 12.1 Å². The van der Waals surface area contributed by atoms with E-state index in [9.17, 15) is 0 Å². The topological polar surface area (TPSA) is 33.0 Å². The van der Waals surface area contributed by atoms with Gasteiger partial charge in [-0.3, -0.25) is 0 Å². The third-order valence-electron chi connectivity index (χ3n) is 2.72. The van der Waals surface area contributed by atoms with E-state index in [2.05, 4.69) is 6.07 Å². The zero-order chi connectivity index (χ0) is 10.7. The largest absolute Gasteiger partial charge is 0.489 e. The molecule has 0 bridgehead atoms. The summed E-state index contributed by atoms with van der Waals surface area (Å²) >= 11 is 5.78. The molecule has 3 heteroatoms. The molecular formula is C12H12ClNO. The SMILES string of the molecule is N#CC1CCCC1Oc1ccc(Cl)cc1. The van der Waals surface area contributed by atoms with Crippen molar-refractivity contribution >= 4 is 11.6 Å². The molecule has 2 atom stereocenters. The van der Waals surface area contributed by atoms with Crippen LogP contribution in [0.2, 0.25) is 5.02 Å². The van der Waals surface area contributed by atoms with Crippen molar-refractivity contribution in [3.63, 3.8) is 0 Å². The minimum atomic E-state index is 0.0423. The van der Waals surface area contributed by atoms with Crippen molar-refractivity contribution in [1.82, 2.24) is 0 Å². The Balaban J connectivity index is 2.03. The third-order valence-corrected chi connectivity index (χ3v) is 2.97. The summed E-state index contributed by atoms with van der Waals surface area (Å²) in [6, 6.07) is 9.58. The van der Waals surface area contributed by atoms with Gasteiger partial charge < -0.3 is 4.74 Å². The Kier molecular flexibility index (Phi) is 3.13. The lowest BCUT2D eigenvalue weighted by Gasteiger charge is -2.16. The Morgan fingerprint density at radius 2 is 2.00 bits per heavy atom. The molecule has 78 valence electrons. The Bertz CT molecular complexity index is 368. The molecule has 1 saturated carbocycles. The second-order valence-electron chi connectivity index (χ2n) is 3.78. The van der Waals surface area contributed by atoms with Crippen LogP contribution in [0.15, 0.2) is 24.3 Å². The number of hydrogen-bond acceptors (Lipinski definition) is 2. The molecule has 2 nitrogen and oxygen atoms in total. The molecule has 0 amide bonds. The summed E-state index contributed by atoms with van der Waals surface area (Å²) in [5.74, 6) is 0.840. The number of rotatable bonds is 2. The fraction of sp³-hybridized carbons (Fsp3) is 0.417. The molecule has 2 unspecified atom stereocenters. The number of nitrogens with zero attached hydrogens (tertiary/aromatic N) is 1. The lowest BCUT2D eigenvalue weighted by atomic mass is 10.1. The van der Waals surface area contributed by atoms with Crippen LogP contribution in [-0.2, 0) is 0 Å². The molecular weight excluding hydrogens is 210 g/mol. The van der Waals surface area contributed by atoms with Gasteiger partial charge in [-0.15, -0.1) is 0 Å². The summed E-state index contributed by atoms with van der Waals surface area (Å²) in [5.41, 5.74) is 0. The normalized spacial score (nSPS) is 24.8. The Labute approximate surface area is 94.4 Å². The van der Waals surface area contributed by atoms with Gasteiger partial charge in [-0.2, -0.15) is 5.26 Å². The first kappa shape index (κ1) is 10.3. The van der Waals surface area contributed by atoms with Gasteiger partial charge in [0.15, 0.2) is 0 Å². The fourth-order valence-corrected chi connectivity index (χ4v) is 2.03. The molecule has 0 aliphatic heterocycles. The highest BCUT2D eigenvalue weighted by atomic mass is 35.5. The lowest BCUT2D eigenvalue weighted by Crippen LogP contribution is -2.19. The molecule has 0 saturated heterocycles. The molecule has 1 aliphatic rings. The van der Waals surface area contributed by atoms with Gasteiger partial charge in [0.25, 0.3) is 0 Å². The second kappa shape index (κ2) is 4.55. The summed E-state index contributed by atoms with van der Waals surface area (Å²) in [6.07, 6.45) is 3.06. The highest BCUT2D eigenvalue weighted by Gasteiger charge is 2.28. The van der Waals surface area contributed by atoms with Crippen LogP contribution in [0.25, 0.3) is 0 Å². The third kappa shape index (κ3) is 2.43. The van der Waals surface area contributed by atoms with E-state index >= 15 is 0 Å². The number of halogens is 1. The van der Waals surface area contributed by atoms with Gasteiger partial charge in [0.2, 0.25) is 0 Å². The van der Waals surface area contributed by atoms with Crippen molar-refractivity contribution in [2.75, 3.05) is 0 Å². The van der Waals surface area contributed by atoms with Crippen LogP contribution in [0.1, 0.15) is 19.3 Å². The molecule has 1 aromatic carbocycles. The average molecular weight is 222 g/mol. The molecule has 0 spiro atoms. The van der Waals surface area contributed by atoms with E-state index in [1.807, 2.05) is 12.1 Å². The second-order valence-corrected chi connectivity index (χ2v) is 4.21. The molecule has 2 rings (SSSR count). The van der Waals surface area contributed by atoms with Gasteiger partial charge in [0.1, 0.15) is 11.9 Å². The van der Waals surface area contributed by atoms with Crippen LogP contribution < -0.4 is 4.74 Å². The van der Waals surface area contributed by atoms with E-state index in [0.717, 1.165) is 25.0 Å². The summed E-state index contributed by atoms with van der Waals surface area (Å²) in [6.45, 7) is 0. The van der Waals surface area contributed by atoms with Crippen LogP contribution in [0.3, 0.4) is 0 Å². The highest BCUT2D eigenvalue weighted by Crippen LogP contribution is 2.29. The van der Waals surface area contributed by atoms with Gasteiger partial charge in [-0.05, 0) is 43.5 Å². The molecule has 1 aromatic rings. The Hall–Kier alpha value is -1.20. The summed E-state index contributed by atoms with van der Waals surface area (Å²) in [4.78, 5) is 0. The first-order valence-corrected chi connectivity index (χ1v) is 5.49. The quantitative estimate of drug-likeness (QED) is 0.767. The van der Waals surface area contributed by atoms with Gasteiger partial charge in [-0.1, -0.05) is 11.6 Å². The van der Waals surface area contributed by atoms with Gasteiger partial charge in [-0.25, -0.2) is 0 Å². The number of nitriles is 1. The maximum Gasteiger partial charge on any atom is 0.119 e. The van der Waals surface area contributed by atoms with Gasteiger partial charge in [0, 0.05) is 5.02 Å². The molecule has 0 N–H and O–H groups in total. The monoisotopic (exact) mass is 221 g/mol. The number of hydrogen-bond donors (Lipinski definition) is 0. The maximum atomic E-state index is 8.91. The van der Waals surface area contributed by atoms with E-state index in [4.69, 9.17) is 21.6 Å². The molecule has 1 fully saturated rings. The maximum absolute atomic E-state index is 8.91. The van der Waals surface area contributed by atoms with Crippen molar-refractivity contribution in [3.05, 3.63) is 29.3 Å². The zero-order valence-electron chi connectivity index (χ0n) is 8.32. The van der Waals surface area contributed by atoms with Crippen LogP contribution in [-0.4, -0.2) is 6.10 Å². The number of benzene rings is 1. The van der Waals surface area contributed by atoms with Gasteiger partial charge in [0.05, 0.1) is 12.0 Å². The van der Waals surface area contributed by atoms with Crippen molar-refractivity contribution in [3.8, 4) is 11.8 Å². The van der Waals surface area contributed by atoms with E-state index in [1.165, 1.54) is 0 Å². The smallest absolute Gasteiger partial charge is 0.119 e. The first-order chi connectivity index (χ1) is 7.29. The predicted octanol–water partition coefficient (Wildman–Crippen LogP) is 3.41. The van der Waals surface area contributed by atoms with Crippen molar-refractivity contribution in [1.29, 1.82) is 5.26 Å². The minimum Gasteiger partial charge on any atom is -0.489 e. The Morgan fingerprint density at radius 3 is 2.67 bits per heavy atom. The first-order valence-electron chi connectivity index (χ1n) is 5.11. The van der Waals surface area contributed by atoms with Crippen LogP contribution >= 0.6 is 11.6 Å². The predicted molar refractivity (Wildman–Crippen MR) is 58.8 cm³/mol. The molecule has 15 heavy (non-hydrogen) atoms. The van der Waals surface area contributed by atoms with Crippen LogP contribution in [0, 0.1) is 17.2 Å². The molecule has 0 radical (unpaired) electrons. The Morgan fingerprint density at radius 1 is 1.27 bits per heavy atom. The van der Waals surface area contributed by atoms with Crippen molar-refractivity contribution in [2.45, 2.75) is 25.4 Å².